The number of aromatic carboxylic acids is 1. The normalized spacial score (nSPS) is 10.3. The number of carbonyl (C=O) groups is 1. The fourth-order valence-corrected chi connectivity index (χ4v) is 1.70. The first kappa shape index (κ1) is 13.6. The van der Waals surface area contributed by atoms with Gasteiger partial charge in [0.15, 0.2) is 5.75 Å². The summed E-state index contributed by atoms with van der Waals surface area (Å²) in [6.07, 6.45) is 1.18. The molecule has 98 valence electrons. The van der Waals surface area contributed by atoms with Crippen LogP contribution in [-0.4, -0.2) is 21.0 Å². The monoisotopic (exact) mass is 298 g/mol. The molecule has 1 aromatic heterocycles. The Balaban J connectivity index is 2.32. The zero-order chi connectivity index (χ0) is 14.0. The van der Waals surface area contributed by atoms with Crippen LogP contribution < -0.4 is 4.74 Å². The van der Waals surface area contributed by atoms with Crippen molar-refractivity contribution in [3.63, 3.8) is 0 Å². The molecule has 0 atom stereocenters. The Morgan fingerprint density at radius 3 is 2.74 bits per heavy atom. The van der Waals surface area contributed by atoms with Crippen molar-refractivity contribution in [3.8, 4) is 11.8 Å². The van der Waals surface area contributed by atoms with Gasteiger partial charge in [-0.2, -0.15) is 4.98 Å². The van der Waals surface area contributed by atoms with E-state index in [-0.39, 0.29) is 16.6 Å². The lowest BCUT2D eigenvalue weighted by Gasteiger charge is -2.07. The van der Waals surface area contributed by atoms with Crippen molar-refractivity contribution in [1.29, 1.82) is 0 Å². The number of rotatable bonds is 3. The minimum Gasteiger partial charge on any atom is -0.478 e. The van der Waals surface area contributed by atoms with Gasteiger partial charge in [0.2, 0.25) is 0 Å². The number of aryl methyl sites for hydroxylation is 1. The molecule has 0 unspecified atom stereocenters. The lowest BCUT2D eigenvalue weighted by Crippen LogP contribution is -2.04. The molecule has 0 saturated heterocycles. The fourth-order valence-electron chi connectivity index (χ4n) is 1.37. The summed E-state index contributed by atoms with van der Waals surface area (Å²) in [7, 11) is 0. The van der Waals surface area contributed by atoms with Crippen LogP contribution >= 0.6 is 23.2 Å². The molecule has 1 heterocycles. The molecular formula is C12H8Cl2N2O3. The van der Waals surface area contributed by atoms with Crippen molar-refractivity contribution < 1.29 is 14.6 Å². The van der Waals surface area contributed by atoms with Crippen LogP contribution in [-0.2, 0) is 0 Å². The highest BCUT2D eigenvalue weighted by Crippen LogP contribution is 2.33. The van der Waals surface area contributed by atoms with Gasteiger partial charge in [0.05, 0.1) is 16.3 Å². The molecule has 0 aliphatic rings. The maximum absolute atomic E-state index is 10.8. The third-order valence-electron chi connectivity index (χ3n) is 2.31. The average molecular weight is 299 g/mol. The molecule has 0 spiro atoms. The Labute approximate surface area is 118 Å². The molecule has 19 heavy (non-hydrogen) atoms. The number of nitrogens with zero attached hydrogens (tertiary/aromatic N) is 2. The van der Waals surface area contributed by atoms with Crippen LogP contribution in [0.2, 0.25) is 10.0 Å². The molecule has 0 fully saturated rings. The first-order chi connectivity index (χ1) is 8.99. The van der Waals surface area contributed by atoms with E-state index in [9.17, 15) is 4.79 Å². The number of halogens is 2. The Morgan fingerprint density at radius 1 is 1.37 bits per heavy atom. The maximum atomic E-state index is 10.8. The van der Waals surface area contributed by atoms with E-state index in [4.69, 9.17) is 33.0 Å². The molecule has 7 heteroatoms. The summed E-state index contributed by atoms with van der Waals surface area (Å²) in [5, 5.41) is 9.46. The third kappa shape index (κ3) is 2.94. The molecule has 0 saturated carbocycles. The van der Waals surface area contributed by atoms with E-state index in [1.54, 1.807) is 25.1 Å². The average Bonchev–Trinajstić information content (AvgIpc) is 2.34. The molecule has 0 radical (unpaired) electrons. The van der Waals surface area contributed by atoms with Crippen LogP contribution in [0.1, 0.15) is 16.1 Å². The minimum absolute atomic E-state index is 0.00617. The van der Waals surface area contributed by atoms with Crippen LogP contribution in [0.4, 0.5) is 0 Å². The van der Waals surface area contributed by atoms with E-state index >= 15 is 0 Å². The van der Waals surface area contributed by atoms with Gasteiger partial charge in [-0.1, -0.05) is 29.3 Å². The number of carboxylic acids is 1. The van der Waals surface area contributed by atoms with E-state index in [2.05, 4.69) is 9.97 Å². The van der Waals surface area contributed by atoms with Gasteiger partial charge in [0.1, 0.15) is 5.02 Å². The fraction of sp³-hybridized carbons (Fsp3) is 0.0833. The summed E-state index contributed by atoms with van der Waals surface area (Å²) < 4.78 is 5.37. The predicted molar refractivity (Wildman–Crippen MR) is 70.3 cm³/mol. The number of aromatic nitrogens is 2. The smallest absolute Gasteiger partial charge is 0.339 e. The summed E-state index contributed by atoms with van der Waals surface area (Å²) in [4.78, 5) is 18.6. The second-order valence-corrected chi connectivity index (χ2v) is 4.40. The van der Waals surface area contributed by atoms with Crippen molar-refractivity contribution >= 4 is 29.2 Å². The van der Waals surface area contributed by atoms with Crippen molar-refractivity contribution in [3.05, 3.63) is 45.7 Å². The van der Waals surface area contributed by atoms with E-state index in [1.807, 2.05) is 0 Å². The lowest BCUT2D eigenvalue weighted by molar-refractivity contribution is 0.0695. The summed E-state index contributed by atoms with van der Waals surface area (Å²) in [5.74, 6) is -0.790. The SMILES string of the molecule is Cc1nc(Oc2cccc(Cl)c2Cl)ncc1C(=O)O. The van der Waals surface area contributed by atoms with Gasteiger partial charge in [-0.3, -0.25) is 0 Å². The number of carboxylic acid groups (broad SMARTS) is 1. The van der Waals surface area contributed by atoms with Crippen LogP contribution in [0, 0.1) is 6.92 Å². The van der Waals surface area contributed by atoms with Crippen LogP contribution in [0.5, 0.6) is 11.8 Å². The van der Waals surface area contributed by atoms with Gasteiger partial charge in [-0.25, -0.2) is 9.78 Å². The van der Waals surface area contributed by atoms with E-state index in [0.29, 0.717) is 16.5 Å². The largest absolute Gasteiger partial charge is 0.478 e. The van der Waals surface area contributed by atoms with Gasteiger partial charge in [-0.15, -0.1) is 0 Å². The third-order valence-corrected chi connectivity index (χ3v) is 3.11. The topological polar surface area (TPSA) is 72.3 Å². The van der Waals surface area contributed by atoms with Gasteiger partial charge in [0, 0.05) is 6.20 Å². The molecule has 0 aliphatic heterocycles. The molecule has 2 aromatic rings. The molecule has 1 aromatic carbocycles. The highest BCUT2D eigenvalue weighted by atomic mass is 35.5. The molecule has 2 rings (SSSR count). The Bertz CT molecular complexity index is 647. The summed E-state index contributed by atoms with van der Waals surface area (Å²) >= 11 is 11.8. The summed E-state index contributed by atoms with van der Waals surface area (Å²) in [5.41, 5.74) is 0.320. The molecule has 1 N–H and O–H groups in total. The Morgan fingerprint density at radius 2 is 2.11 bits per heavy atom. The number of benzene rings is 1. The van der Waals surface area contributed by atoms with Crippen molar-refractivity contribution in [2.24, 2.45) is 0 Å². The van der Waals surface area contributed by atoms with Gasteiger partial charge >= 0.3 is 12.0 Å². The van der Waals surface area contributed by atoms with Crippen molar-refractivity contribution in [1.82, 2.24) is 9.97 Å². The first-order valence-electron chi connectivity index (χ1n) is 5.18. The molecular weight excluding hydrogens is 291 g/mol. The summed E-state index contributed by atoms with van der Waals surface area (Å²) in [6.45, 7) is 1.55. The van der Waals surface area contributed by atoms with Crippen molar-refractivity contribution in [2.75, 3.05) is 0 Å². The highest BCUT2D eigenvalue weighted by Gasteiger charge is 2.12. The predicted octanol–water partition coefficient (Wildman–Crippen LogP) is 3.58. The van der Waals surface area contributed by atoms with Crippen molar-refractivity contribution in [2.45, 2.75) is 6.92 Å². The number of ether oxygens (including phenoxy) is 1. The minimum atomic E-state index is -1.09. The molecule has 5 nitrogen and oxygen atoms in total. The van der Waals surface area contributed by atoms with Crippen LogP contribution in [0.15, 0.2) is 24.4 Å². The second kappa shape index (κ2) is 5.42. The zero-order valence-electron chi connectivity index (χ0n) is 9.72. The zero-order valence-corrected chi connectivity index (χ0v) is 11.2. The summed E-state index contributed by atoms with van der Waals surface area (Å²) in [6, 6.07) is 4.91. The number of hydrogen-bond donors (Lipinski definition) is 1. The Kier molecular flexibility index (Phi) is 3.87. The van der Waals surface area contributed by atoms with Crippen LogP contribution in [0.3, 0.4) is 0 Å². The van der Waals surface area contributed by atoms with Crippen LogP contribution in [0.25, 0.3) is 0 Å². The van der Waals surface area contributed by atoms with Gasteiger partial charge in [-0.05, 0) is 19.1 Å². The highest BCUT2D eigenvalue weighted by molar-refractivity contribution is 6.42. The Hall–Kier alpha value is -1.85. The lowest BCUT2D eigenvalue weighted by atomic mass is 10.2. The van der Waals surface area contributed by atoms with E-state index in [1.165, 1.54) is 6.20 Å². The number of hydrogen-bond acceptors (Lipinski definition) is 4. The molecule has 0 aliphatic carbocycles. The van der Waals surface area contributed by atoms with E-state index in [0.717, 1.165) is 0 Å². The maximum Gasteiger partial charge on any atom is 0.339 e. The van der Waals surface area contributed by atoms with Gasteiger partial charge in [0.25, 0.3) is 0 Å². The second-order valence-electron chi connectivity index (χ2n) is 3.61. The standard InChI is InChI=1S/C12H8Cl2N2O3/c1-6-7(11(17)18)5-15-12(16-6)19-9-4-2-3-8(13)10(9)14/h2-5H,1H3,(H,17,18). The van der Waals surface area contributed by atoms with E-state index < -0.39 is 5.97 Å². The van der Waals surface area contributed by atoms with Gasteiger partial charge < -0.3 is 9.84 Å². The quantitative estimate of drug-likeness (QED) is 0.937. The molecule has 0 amide bonds. The first-order valence-corrected chi connectivity index (χ1v) is 5.93. The molecule has 0 bridgehead atoms.